The summed E-state index contributed by atoms with van der Waals surface area (Å²) in [5.41, 5.74) is 3.57. The van der Waals surface area contributed by atoms with Gasteiger partial charge in [0.1, 0.15) is 0 Å². The minimum absolute atomic E-state index is 0.0657. The van der Waals surface area contributed by atoms with Crippen LogP contribution in [0.2, 0.25) is 0 Å². The number of ether oxygens (including phenoxy) is 2. The number of hydrogen-bond donors (Lipinski definition) is 1. The highest BCUT2D eigenvalue weighted by molar-refractivity contribution is 7.12. The van der Waals surface area contributed by atoms with Crippen molar-refractivity contribution in [1.82, 2.24) is 0 Å². The summed E-state index contributed by atoms with van der Waals surface area (Å²) in [5, 5.41) is 0.468. The Kier molecular flexibility index (Phi) is 3.63. The highest BCUT2D eigenvalue weighted by Gasteiger charge is 2.36. The lowest BCUT2D eigenvalue weighted by atomic mass is 10.3. The van der Waals surface area contributed by atoms with Crippen molar-refractivity contribution in [3.05, 3.63) is 10.9 Å². The average Bonchev–Trinajstić information content (AvgIpc) is 2.47. The van der Waals surface area contributed by atoms with Gasteiger partial charge in [0.25, 0.3) is 0 Å². The molecule has 0 aromatic carbocycles. The standard InChI is InChI=1S/C8H8F3NO3S/c1-2-14-7(13)15-6-5(12)4(3-16-6)8(9,10)11/h3H,2,12H2,1H3. The van der Waals surface area contributed by atoms with Gasteiger partial charge in [0.15, 0.2) is 0 Å². The summed E-state index contributed by atoms with van der Waals surface area (Å²) in [4.78, 5) is 10.8. The fourth-order valence-corrected chi connectivity index (χ4v) is 1.71. The Balaban J connectivity index is 2.84. The van der Waals surface area contributed by atoms with Crippen molar-refractivity contribution in [1.29, 1.82) is 0 Å². The molecule has 0 aliphatic carbocycles. The van der Waals surface area contributed by atoms with Gasteiger partial charge in [0.05, 0.1) is 17.9 Å². The van der Waals surface area contributed by atoms with Crippen LogP contribution in [-0.4, -0.2) is 12.8 Å². The van der Waals surface area contributed by atoms with E-state index in [4.69, 9.17) is 5.73 Å². The van der Waals surface area contributed by atoms with Crippen LogP contribution in [0.15, 0.2) is 5.38 Å². The lowest BCUT2D eigenvalue weighted by molar-refractivity contribution is -0.136. The third-order valence-electron chi connectivity index (χ3n) is 1.54. The molecule has 1 aromatic heterocycles. The third-order valence-corrected chi connectivity index (χ3v) is 2.41. The van der Waals surface area contributed by atoms with Crippen molar-refractivity contribution in [2.45, 2.75) is 13.1 Å². The van der Waals surface area contributed by atoms with Crippen LogP contribution in [0.1, 0.15) is 12.5 Å². The lowest BCUT2D eigenvalue weighted by Gasteiger charge is -2.06. The van der Waals surface area contributed by atoms with Gasteiger partial charge in [0.2, 0.25) is 5.06 Å². The molecule has 16 heavy (non-hydrogen) atoms. The van der Waals surface area contributed by atoms with E-state index in [1.165, 1.54) is 0 Å². The van der Waals surface area contributed by atoms with Gasteiger partial charge in [-0.2, -0.15) is 13.2 Å². The monoisotopic (exact) mass is 255 g/mol. The summed E-state index contributed by atoms with van der Waals surface area (Å²) >= 11 is 0.589. The van der Waals surface area contributed by atoms with Crippen LogP contribution in [0, 0.1) is 0 Å². The number of carbonyl (C=O) groups excluding carboxylic acids is 1. The molecule has 0 atom stereocenters. The van der Waals surface area contributed by atoms with Crippen molar-refractivity contribution >= 4 is 23.2 Å². The van der Waals surface area contributed by atoms with Crippen LogP contribution in [0.25, 0.3) is 0 Å². The van der Waals surface area contributed by atoms with E-state index in [9.17, 15) is 18.0 Å². The highest BCUT2D eigenvalue weighted by Crippen LogP contribution is 2.42. The maximum absolute atomic E-state index is 12.3. The molecule has 1 aromatic rings. The Morgan fingerprint density at radius 3 is 2.62 bits per heavy atom. The van der Waals surface area contributed by atoms with E-state index < -0.39 is 23.6 Å². The number of halogens is 3. The van der Waals surface area contributed by atoms with E-state index in [1.54, 1.807) is 6.92 Å². The zero-order valence-corrected chi connectivity index (χ0v) is 8.95. The Morgan fingerprint density at radius 2 is 2.19 bits per heavy atom. The number of nitrogens with two attached hydrogens (primary N) is 1. The van der Waals surface area contributed by atoms with Crippen LogP contribution >= 0.6 is 11.3 Å². The topological polar surface area (TPSA) is 61.5 Å². The second kappa shape index (κ2) is 4.60. The van der Waals surface area contributed by atoms with E-state index in [2.05, 4.69) is 9.47 Å². The van der Waals surface area contributed by atoms with Crippen LogP contribution in [-0.2, 0) is 10.9 Å². The van der Waals surface area contributed by atoms with Crippen LogP contribution < -0.4 is 10.5 Å². The average molecular weight is 255 g/mol. The van der Waals surface area contributed by atoms with Gasteiger partial charge in [0, 0.05) is 5.38 Å². The first-order chi connectivity index (χ1) is 7.36. The maximum atomic E-state index is 12.3. The summed E-state index contributed by atoms with van der Waals surface area (Å²) in [6, 6.07) is 0. The minimum atomic E-state index is -4.56. The first-order valence-electron chi connectivity index (χ1n) is 4.15. The molecule has 8 heteroatoms. The van der Waals surface area contributed by atoms with Crippen molar-refractivity contribution in [3.63, 3.8) is 0 Å². The Hall–Kier alpha value is -1.44. The van der Waals surface area contributed by atoms with Crippen LogP contribution in [0.5, 0.6) is 5.06 Å². The predicted molar refractivity (Wildman–Crippen MR) is 51.4 cm³/mol. The summed E-state index contributed by atoms with van der Waals surface area (Å²) in [6.45, 7) is 1.61. The summed E-state index contributed by atoms with van der Waals surface area (Å²) in [5.74, 6) is 0. The molecule has 2 N–H and O–H groups in total. The number of thiophene rings is 1. The van der Waals surface area contributed by atoms with E-state index >= 15 is 0 Å². The number of carbonyl (C=O) groups is 1. The Morgan fingerprint density at radius 1 is 1.56 bits per heavy atom. The van der Waals surface area contributed by atoms with Gasteiger partial charge in [-0.05, 0) is 6.92 Å². The van der Waals surface area contributed by atoms with E-state index in [-0.39, 0.29) is 11.7 Å². The Labute approximate surface area is 92.8 Å². The normalized spacial score (nSPS) is 11.2. The summed E-state index contributed by atoms with van der Waals surface area (Å²) in [6.07, 6.45) is -5.64. The zero-order chi connectivity index (χ0) is 12.3. The van der Waals surface area contributed by atoms with Gasteiger partial charge in [-0.25, -0.2) is 4.79 Å². The molecule has 0 fully saturated rings. The number of anilines is 1. The SMILES string of the molecule is CCOC(=O)Oc1scc(C(F)(F)F)c1N. The maximum Gasteiger partial charge on any atom is 0.514 e. The molecule has 0 aliphatic rings. The third kappa shape index (κ3) is 2.78. The second-order valence-corrected chi connectivity index (χ2v) is 3.48. The molecule has 0 aliphatic heterocycles. The minimum Gasteiger partial charge on any atom is -0.434 e. The largest absolute Gasteiger partial charge is 0.514 e. The molecule has 1 rings (SSSR count). The van der Waals surface area contributed by atoms with Gasteiger partial charge >= 0.3 is 12.3 Å². The molecule has 0 saturated heterocycles. The highest BCUT2D eigenvalue weighted by atomic mass is 32.1. The quantitative estimate of drug-likeness (QED) is 0.825. The fraction of sp³-hybridized carbons (Fsp3) is 0.375. The summed E-state index contributed by atoms with van der Waals surface area (Å²) in [7, 11) is 0. The van der Waals surface area contributed by atoms with Gasteiger partial charge in [-0.15, -0.1) is 11.3 Å². The first kappa shape index (κ1) is 12.6. The number of rotatable bonds is 2. The van der Waals surface area contributed by atoms with Crippen molar-refractivity contribution in [2.24, 2.45) is 0 Å². The molecular formula is C8H8F3NO3S. The molecule has 0 bridgehead atoms. The van der Waals surface area contributed by atoms with Crippen LogP contribution in [0.4, 0.5) is 23.7 Å². The van der Waals surface area contributed by atoms with Crippen molar-refractivity contribution in [3.8, 4) is 5.06 Å². The molecule has 1 heterocycles. The second-order valence-electron chi connectivity index (χ2n) is 2.63. The Bertz CT molecular complexity index is 388. The predicted octanol–water partition coefficient (Wildman–Crippen LogP) is 2.88. The molecule has 0 saturated carbocycles. The van der Waals surface area contributed by atoms with Gasteiger partial charge < -0.3 is 15.2 Å². The van der Waals surface area contributed by atoms with Crippen LogP contribution in [0.3, 0.4) is 0 Å². The van der Waals surface area contributed by atoms with Crippen molar-refractivity contribution in [2.75, 3.05) is 12.3 Å². The molecular weight excluding hydrogens is 247 g/mol. The molecule has 0 radical (unpaired) electrons. The molecule has 0 spiro atoms. The molecule has 0 amide bonds. The zero-order valence-electron chi connectivity index (χ0n) is 8.13. The molecule has 4 nitrogen and oxygen atoms in total. The number of nitrogen functional groups attached to an aromatic ring is 1. The van der Waals surface area contributed by atoms with E-state index in [1.807, 2.05) is 0 Å². The van der Waals surface area contributed by atoms with Crippen molar-refractivity contribution < 1.29 is 27.4 Å². The number of alkyl halides is 3. The fourth-order valence-electron chi connectivity index (χ4n) is 0.871. The molecule has 90 valence electrons. The van der Waals surface area contributed by atoms with Gasteiger partial charge in [-0.1, -0.05) is 0 Å². The van der Waals surface area contributed by atoms with E-state index in [0.717, 1.165) is 5.38 Å². The van der Waals surface area contributed by atoms with E-state index in [0.29, 0.717) is 11.3 Å². The lowest BCUT2D eigenvalue weighted by Crippen LogP contribution is -2.11. The number of hydrogen-bond acceptors (Lipinski definition) is 5. The van der Waals surface area contributed by atoms with Gasteiger partial charge in [-0.3, -0.25) is 0 Å². The first-order valence-corrected chi connectivity index (χ1v) is 5.03. The summed E-state index contributed by atoms with van der Waals surface area (Å²) < 4.78 is 45.8. The smallest absolute Gasteiger partial charge is 0.434 e. The molecule has 0 unspecified atom stereocenters.